The average molecular weight is 124 g/mol. The van der Waals surface area contributed by atoms with Crippen molar-refractivity contribution in [1.29, 1.82) is 0 Å². The fourth-order valence-electron chi connectivity index (χ4n) is 0.645. The van der Waals surface area contributed by atoms with Crippen molar-refractivity contribution in [2.24, 2.45) is 5.73 Å². The van der Waals surface area contributed by atoms with Gasteiger partial charge in [0, 0.05) is 6.20 Å². The summed E-state index contributed by atoms with van der Waals surface area (Å²) in [6.07, 6.45) is 1.74. The molecule has 1 amide bonds. The smallest absolute Gasteiger partial charge is 0.265 e. The number of primary amides is 1. The summed E-state index contributed by atoms with van der Waals surface area (Å²) in [5.41, 5.74) is 6.44. The number of aryl methyl sites for hydroxylation is 1. The molecular weight excluding hydrogens is 116 g/mol. The van der Waals surface area contributed by atoms with Gasteiger partial charge in [0.25, 0.3) is 5.91 Å². The van der Waals surface area contributed by atoms with Crippen LogP contribution in [0.15, 0.2) is 12.3 Å². The Morgan fingerprint density at radius 2 is 2.44 bits per heavy atom. The summed E-state index contributed by atoms with van der Waals surface area (Å²) in [6.45, 7) is 1.89. The molecule has 0 saturated carbocycles. The zero-order valence-corrected chi connectivity index (χ0v) is 5.14. The van der Waals surface area contributed by atoms with Gasteiger partial charge in [0.1, 0.15) is 5.69 Å². The first-order chi connectivity index (χ1) is 4.20. The number of rotatable bonds is 1. The van der Waals surface area contributed by atoms with Gasteiger partial charge in [-0.05, 0) is 18.6 Å². The molecule has 0 spiro atoms. The van der Waals surface area contributed by atoms with E-state index in [4.69, 9.17) is 5.73 Å². The Hall–Kier alpha value is -1.25. The molecule has 0 fully saturated rings. The van der Waals surface area contributed by atoms with Gasteiger partial charge < -0.3 is 10.7 Å². The molecule has 0 saturated heterocycles. The monoisotopic (exact) mass is 124 g/mol. The van der Waals surface area contributed by atoms with E-state index >= 15 is 0 Å². The highest BCUT2D eigenvalue weighted by molar-refractivity contribution is 5.91. The van der Waals surface area contributed by atoms with Crippen molar-refractivity contribution in [3.63, 3.8) is 0 Å². The number of amides is 1. The predicted octanol–water partition coefficient (Wildman–Crippen LogP) is 0.422. The first-order valence-corrected chi connectivity index (χ1v) is 2.65. The zero-order chi connectivity index (χ0) is 6.85. The highest BCUT2D eigenvalue weighted by Gasteiger charge is 1.99. The van der Waals surface area contributed by atoms with Crippen LogP contribution in [-0.2, 0) is 0 Å². The van der Waals surface area contributed by atoms with Crippen LogP contribution in [0.5, 0.6) is 0 Å². The van der Waals surface area contributed by atoms with E-state index in [0.717, 1.165) is 5.56 Å². The van der Waals surface area contributed by atoms with Crippen LogP contribution in [-0.4, -0.2) is 10.9 Å². The minimum Gasteiger partial charge on any atom is -0.364 e. The molecule has 1 rings (SSSR count). The molecule has 0 aliphatic heterocycles. The second-order valence-corrected chi connectivity index (χ2v) is 1.95. The lowest BCUT2D eigenvalue weighted by molar-refractivity contribution is 0.0996. The third-order valence-corrected chi connectivity index (χ3v) is 1.09. The maximum atomic E-state index is 10.4. The summed E-state index contributed by atoms with van der Waals surface area (Å²) < 4.78 is 0. The van der Waals surface area contributed by atoms with Crippen molar-refractivity contribution in [1.82, 2.24) is 4.98 Å². The fraction of sp³-hybridized carbons (Fsp3) is 0.167. The molecule has 1 aromatic heterocycles. The molecule has 48 valence electrons. The minimum absolute atomic E-state index is 0.414. The number of carbonyl (C=O) groups excluding carboxylic acids is 1. The van der Waals surface area contributed by atoms with E-state index in [1.165, 1.54) is 0 Å². The largest absolute Gasteiger partial charge is 0.364 e. The first-order valence-electron chi connectivity index (χ1n) is 2.65. The molecule has 0 unspecified atom stereocenters. The second kappa shape index (κ2) is 1.93. The summed E-state index contributed by atoms with van der Waals surface area (Å²) in [4.78, 5) is 13.1. The number of nitrogens with two attached hydrogens (primary N) is 1. The van der Waals surface area contributed by atoms with Gasteiger partial charge >= 0.3 is 0 Å². The Bertz CT molecular complexity index is 227. The third kappa shape index (κ3) is 1.10. The van der Waals surface area contributed by atoms with Crippen molar-refractivity contribution >= 4 is 5.91 Å². The topological polar surface area (TPSA) is 58.9 Å². The number of carbonyl (C=O) groups is 1. The molecule has 1 heterocycles. The van der Waals surface area contributed by atoms with Crippen LogP contribution < -0.4 is 5.73 Å². The summed E-state index contributed by atoms with van der Waals surface area (Å²) in [7, 11) is 0. The van der Waals surface area contributed by atoms with E-state index in [-0.39, 0.29) is 0 Å². The Kier molecular flexibility index (Phi) is 1.26. The lowest BCUT2D eigenvalue weighted by Gasteiger charge is -1.82. The van der Waals surface area contributed by atoms with Crippen molar-refractivity contribution < 1.29 is 4.79 Å². The second-order valence-electron chi connectivity index (χ2n) is 1.95. The van der Waals surface area contributed by atoms with Gasteiger partial charge in [-0.15, -0.1) is 0 Å². The maximum absolute atomic E-state index is 10.4. The normalized spacial score (nSPS) is 9.44. The van der Waals surface area contributed by atoms with E-state index in [9.17, 15) is 4.79 Å². The number of H-pyrrole nitrogens is 1. The van der Waals surface area contributed by atoms with Gasteiger partial charge in [0.15, 0.2) is 0 Å². The standard InChI is InChI=1S/C6H8N2O/c1-4-2-5(6(7)9)8-3-4/h2-3,8H,1H3,(H2,7,9). The van der Waals surface area contributed by atoms with Gasteiger partial charge in [-0.1, -0.05) is 0 Å². The van der Waals surface area contributed by atoms with Crippen LogP contribution in [0, 0.1) is 6.92 Å². The summed E-state index contributed by atoms with van der Waals surface area (Å²) in [5, 5.41) is 0. The fourth-order valence-corrected chi connectivity index (χ4v) is 0.645. The third-order valence-electron chi connectivity index (χ3n) is 1.09. The summed E-state index contributed by atoms with van der Waals surface area (Å²) in [5.74, 6) is -0.414. The Labute approximate surface area is 52.9 Å². The first kappa shape index (κ1) is 5.88. The van der Waals surface area contributed by atoms with Crippen molar-refractivity contribution in [2.75, 3.05) is 0 Å². The van der Waals surface area contributed by atoms with Crippen molar-refractivity contribution in [3.8, 4) is 0 Å². The van der Waals surface area contributed by atoms with E-state index in [0.29, 0.717) is 5.69 Å². The molecule has 0 aromatic carbocycles. The van der Waals surface area contributed by atoms with E-state index in [1.807, 2.05) is 6.92 Å². The van der Waals surface area contributed by atoms with E-state index < -0.39 is 5.91 Å². The molecule has 0 aliphatic rings. The molecule has 3 nitrogen and oxygen atoms in total. The molecular formula is C6H8N2O. The Morgan fingerprint density at radius 3 is 2.67 bits per heavy atom. The average Bonchev–Trinajstić information content (AvgIpc) is 2.14. The number of hydrogen-bond donors (Lipinski definition) is 2. The highest BCUT2D eigenvalue weighted by Crippen LogP contribution is 1.98. The van der Waals surface area contributed by atoms with Crippen molar-refractivity contribution in [3.05, 3.63) is 23.5 Å². The minimum atomic E-state index is -0.414. The van der Waals surface area contributed by atoms with Gasteiger partial charge in [-0.3, -0.25) is 4.79 Å². The molecule has 9 heavy (non-hydrogen) atoms. The van der Waals surface area contributed by atoms with Crippen LogP contribution in [0.1, 0.15) is 16.1 Å². The predicted molar refractivity (Wildman–Crippen MR) is 34.0 cm³/mol. The summed E-state index contributed by atoms with van der Waals surface area (Å²) >= 11 is 0. The molecule has 3 heteroatoms. The zero-order valence-electron chi connectivity index (χ0n) is 5.14. The highest BCUT2D eigenvalue weighted by atomic mass is 16.1. The SMILES string of the molecule is Cc1c[nH]c(C(N)=O)c1. The number of aromatic amines is 1. The maximum Gasteiger partial charge on any atom is 0.265 e. The van der Waals surface area contributed by atoms with E-state index in [1.54, 1.807) is 12.3 Å². The lowest BCUT2D eigenvalue weighted by atomic mass is 10.3. The molecule has 0 radical (unpaired) electrons. The molecule has 0 atom stereocenters. The van der Waals surface area contributed by atoms with Gasteiger partial charge in [-0.2, -0.15) is 0 Å². The van der Waals surface area contributed by atoms with Gasteiger partial charge in [0.05, 0.1) is 0 Å². The molecule has 0 aliphatic carbocycles. The lowest BCUT2D eigenvalue weighted by Crippen LogP contribution is -2.10. The van der Waals surface area contributed by atoms with Gasteiger partial charge in [-0.25, -0.2) is 0 Å². The number of hydrogen-bond acceptors (Lipinski definition) is 1. The molecule has 1 aromatic rings. The van der Waals surface area contributed by atoms with Crippen LogP contribution in [0.25, 0.3) is 0 Å². The summed E-state index contributed by atoms with van der Waals surface area (Å²) in [6, 6.07) is 1.71. The number of aromatic nitrogens is 1. The Balaban J connectivity index is 2.98. The molecule has 3 N–H and O–H groups in total. The van der Waals surface area contributed by atoms with Crippen LogP contribution in [0.4, 0.5) is 0 Å². The van der Waals surface area contributed by atoms with E-state index in [2.05, 4.69) is 4.98 Å². The van der Waals surface area contributed by atoms with Crippen LogP contribution in [0.3, 0.4) is 0 Å². The quantitative estimate of drug-likeness (QED) is 0.560. The number of nitrogens with one attached hydrogen (secondary N) is 1. The van der Waals surface area contributed by atoms with Crippen LogP contribution in [0.2, 0.25) is 0 Å². The van der Waals surface area contributed by atoms with Gasteiger partial charge in [0.2, 0.25) is 0 Å². The Morgan fingerprint density at radius 1 is 1.78 bits per heavy atom. The van der Waals surface area contributed by atoms with Crippen LogP contribution >= 0.6 is 0 Å². The molecule has 0 bridgehead atoms. The van der Waals surface area contributed by atoms with Crippen molar-refractivity contribution in [2.45, 2.75) is 6.92 Å².